The lowest BCUT2D eigenvalue weighted by Crippen LogP contribution is -2.42. The molecule has 1 aromatic carbocycles. The van der Waals surface area contributed by atoms with E-state index in [9.17, 15) is 9.59 Å². The molecule has 2 amide bonds. The standard InChI is InChI=1S/C23H21BrN4O3S2/c1-31-23(30)27-20(13-6-3-2-4-7-13)22(29)28-9-5-8-15(28)21-25-12-14(26-21)16-10-17-18(32-16)11-19(24)33-17/h2-4,6-7,10-12,15,20H,5,8-9H2,1H3,(H,25,26)(H,27,30). The second kappa shape index (κ2) is 9.28. The second-order valence-corrected chi connectivity index (χ2v) is 11.3. The molecule has 3 aromatic heterocycles. The third-order valence-corrected chi connectivity index (χ3v) is 8.55. The van der Waals surface area contributed by atoms with E-state index in [0.29, 0.717) is 12.1 Å². The highest BCUT2D eigenvalue weighted by Crippen LogP contribution is 2.40. The van der Waals surface area contributed by atoms with E-state index < -0.39 is 12.1 Å². The third kappa shape index (κ3) is 4.42. The number of rotatable bonds is 5. The normalized spacial score (nSPS) is 16.8. The molecule has 1 aliphatic heterocycles. The lowest BCUT2D eigenvalue weighted by Gasteiger charge is -2.28. The molecule has 1 aliphatic rings. The minimum atomic E-state index is -0.823. The summed E-state index contributed by atoms with van der Waals surface area (Å²) in [7, 11) is 1.29. The van der Waals surface area contributed by atoms with E-state index in [1.807, 2.05) is 36.5 Å². The van der Waals surface area contributed by atoms with E-state index in [4.69, 9.17) is 4.74 Å². The summed E-state index contributed by atoms with van der Waals surface area (Å²) in [5.74, 6) is 0.590. The number of carbonyl (C=O) groups excluding carboxylic acids is 2. The van der Waals surface area contributed by atoms with Gasteiger partial charge in [-0.05, 0) is 46.5 Å². The number of thiophene rings is 2. The lowest BCUT2D eigenvalue weighted by atomic mass is 10.1. The van der Waals surface area contributed by atoms with Crippen molar-refractivity contribution in [1.82, 2.24) is 20.2 Å². The van der Waals surface area contributed by atoms with Gasteiger partial charge in [0.15, 0.2) is 0 Å². The maximum atomic E-state index is 13.6. The van der Waals surface area contributed by atoms with Gasteiger partial charge in [0.05, 0.1) is 33.7 Å². The Bertz CT molecular complexity index is 1270. The van der Waals surface area contributed by atoms with Crippen LogP contribution in [0.25, 0.3) is 20.0 Å². The molecule has 0 saturated carbocycles. The number of hydrogen-bond donors (Lipinski definition) is 2. The fraction of sp³-hybridized carbons (Fsp3) is 0.261. The number of hydrogen-bond acceptors (Lipinski definition) is 6. The highest BCUT2D eigenvalue weighted by atomic mass is 79.9. The molecule has 0 radical (unpaired) electrons. The minimum absolute atomic E-state index is 0.173. The largest absolute Gasteiger partial charge is 0.453 e. The van der Waals surface area contributed by atoms with E-state index >= 15 is 0 Å². The van der Waals surface area contributed by atoms with Gasteiger partial charge in [-0.3, -0.25) is 4.79 Å². The Hall–Kier alpha value is -2.69. The van der Waals surface area contributed by atoms with Gasteiger partial charge >= 0.3 is 6.09 Å². The smallest absolute Gasteiger partial charge is 0.407 e. The third-order valence-electron chi connectivity index (χ3n) is 5.72. The molecule has 1 fully saturated rings. The van der Waals surface area contributed by atoms with Crippen LogP contribution in [0.15, 0.2) is 52.4 Å². The first-order valence-corrected chi connectivity index (χ1v) is 12.9. The Balaban J connectivity index is 1.40. The van der Waals surface area contributed by atoms with Gasteiger partial charge in [-0.15, -0.1) is 22.7 Å². The lowest BCUT2D eigenvalue weighted by molar-refractivity contribution is -0.134. The van der Waals surface area contributed by atoms with Crippen molar-refractivity contribution in [2.75, 3.05) is 13.7 Å². The van der Waals surface area contributed by atoms with E-state index in [1.165, 1.54) is 16.5 Å². The fourth-order valence-corrected chi connectivity index (χ4v) is 7.15. The van der Waals surface area contributed by atoms with Gasteiger partial charge in [-0.2, -0.15) is 0 Å². The molecule has 0 aliphatic carbocycles. The number of likely N-dealkylation sites (tertiary alicyclic amines) is 1. The number of imidazole rings is 1. The summed E-state index contributed by atoms with van der Waals surface area (Å²) in [5, 5.41) is 2.70. The molecule has 2 N–H and O–H groups in total. The van der Waals surface area contributed by atoms with Crippen LogP contribution in [0.4, 0.5) is 4.79 Å². The fourth-order valence-electron chi connectivity index (χ4n) is 4.16. The van der Waals surface area contributed by atoms with Crippen molar-refractivity contribution in [2.24, 2.45) is 0 Å². The first kappa shape index (κ1) is 22.1. The van der Waals surface area contributed by atoms with E-state index in [1.54, 1.807) is 27.6 Å². The van der Waals surface area contributed by atoms with Crippen LogP contribution in [0.1, 0.15) is 36.3 Å². The highest BCUT2D eigenvalue weighted by Gasteiger charge is 2.37. The van der Waals surface area contributed by atoms with Gasteiger partial charge < -0.3 is 19.9 Å². The Labute approximate surface area is 206 Å². The number of amides is 2. The van der Waals surface area contributed by atoms with Crippen LogP contribution in [0.2, 0.25) is 0 Å². The molecular weight excluding hydrogens is 524 g/mol. The SMILES string of the molecule is COC(=O)NC(C(=O)N1CCCC1c1ncc(-c2cc3sc(Br)cc3s2)[nH]1)c1ccccc1. The summed E-state index contributed by atoms with van der Waals surface area (Å²) >= 11 is 6.95. The van der Waals surface area contributed by atoms with Gasteiger partial charge in [-0.25, -0.2) is 9.78 Å². The number of halogens is 1. The number of nitrogens with zero attached hydrogens (tertiary/aromatic N) is 2. The molecule has 1 saturated heterocycles. The predicted molar refractivity (Wildman–Crippen MR) is 133 cm³/mol. The monoisotopic (exact) mass is 544 g/mol. The number of nitrogens with one attached hydrogen (secondary N) is 2. The maximum Gasteiger partial charge on any atom is 0.407 e. The second-order valence-electron chi connectivity index (χ2n) is 7.74. The Morgan fingerprint density at radius 2 is 2.03 bits per heavy atom. The van der Waals surface area contributed by atoms with Crippen molar-refractivity contribution in [2.45, 2.75) is 24.9 Å². The number of fused-ring (bicyclic) bond motifs is 1. The van der Waals surface area contributed by atoms with Gasteiger partial charge in [0.2, 0.25) is 0 Å². The van der Waals surface area contributed by atoms with Gasteiger partial charge in [-0.1, -0.05) is 30.3 Å². The van der Waals surface area contributed by atoms with Gasteiger partial charge in [0.25, 0.3) is 5.91 Å². The minimum Gasteiger partial charge on any atom is -0.453 e. The first-order chi connectivity index (χ1) is 16.0. The predicted octanol–water partition coefficient (Wildman–Crippen LogP) is 5.88. The molecule has 2 atom stereocenters. The number of methoxy groups -OCH3 is 1. The molecule has 2 unspecified atom stereocenters. The van der Waals surface area contributed by atoms with Gasteiger partial charge in [0, 0.05) is 15.9 Å². The topological polar surface area (TPSA) is 87.3 Å². The van der Waals surface area contributed by atoms with Crippen LogP contribution in [0.5, 0.6) is 0 Å². The van der Waals surface area contributed by atoms with Crippen molar-refractivity contribution < 1.29 is 14.3 Å². The van der Waals surface area contributed by atoms with Crippen LogP contribution in [-0.4, -0.2) is 40.5 Å². The number of benzene rings is 1. The summed E-state index contributed by atoms with van der Waals surface area (Å²) in [6, 6.07) is 12.5. The molecule has 4 heterocycles. The van der Waals surface area contributed by atoms with Gasteiger partial charge in [0.1, 0.15) is 11.9 Å². The van der Waals surface area contributed by atoms with Crippen LogP contribution >= 0.6 is 38.6 Å². The van der Waals surface area contributed by atoms with Crippen LogP contribution in [-0.2, 0) is 9.53 Å². The first-order valence-electron chi connectivity index (χ1n) is 10.5. The molecule has 10 heteroatoms. The van der Waals surface area contributed by atoms with Crippen molar-refractivity contribution in [3.05, 3.63) is 63.8 Å². The average Bonchev–Trinajstić information content (AvgIpc) is 3.60. The Morgan fingerprint density at radius 1 is 1.24 bits per heavy atom. The molecule has 33 heavy (non-hydrogen) atoms. The number of ether oxygens (including phenoxy) is 1. The van der Waals surface area contributed by atoms with Crippen LogP contribution in [0.3, 0.4) is 0 Å². The Kier molecular flexibility index (Phi) is 6.22. The summed E-state index contributed by atoms with van der Waals surface area (Å²) < 4.78 is 8.35. The molecule has 0 spiro atoms. The van der Waals surface area contributed by atoms with Crippen molar-refractivity contribution in [1.29, 1.82) is 0 Å². The Morgan fingerprint density at radius 3 is 2.79 bits per heavy atom. The zero-order valence-corrected chi connectivity index (χ0v) is 20.9. The number of aromatic nitrogens is 2. The molecule has 4 aromatic rings. The highest BCUT2D eigenvalue weighted by molar-refractivity contribution is 9.11. The molecule has 7 nitrogen and oxygen atoms in total. The zero-order valence-electron chi connectivity index (χ0n) is 17.7. The molecule has 5 rings (SSSR count). The molecular formula is C23H21BrN4O3S2. The summed E-state index contributed by atoms with van der Waals surface area (Å²) in [5.41, 5.74) is 1.66. The average molecular weight is 545 g/mol. The van der Waals surface area contributed by atoms with E-state index in [0.717, 1.165) is 33.0 Å². The summed E-state index contributed by atoms with van der Waals surface area (Å²) in [6.45, 7) is 0.606. The number of aromatic amines is 1. The summed E-state index contributed by atoms with van der Waals surface area (Å²) in [6.07, 6.45) is 2.87. The summed E-state index contributed by atoms with van der Waals surface area (Å²) in [4.78, 5) is 36.6. The number of H-pyrrole nitrogens is 1. The van der Waals surface area contributed by atoms with Crippen LogP contribution in [0, 0.1) is 0 Å². The number of alkyl carbamates (subject to hydrolysis) is 1. The van der Waals surface area contributed by atoms with Crippen LogP contribution < -0.4 is 5.32 Å². The number of carbonyl (C=O) groups is 2. The van der Waals surface area contributed by atoms with Crippen molar-refractivity contribution in [3.8, 4) is 10.6 Å². The maximum absolute atomic E-state index is 13.6. The molecule has 170 valence electrons. The van der Waals surface area contributed by atoms with Crippen molar-refractivity contribution >= 4 is 60.0 Å². The quantitative estimate of drug-likeness (QED) is 0.328. The van der Waals surface area contributed by atoms with E-state index in [2.05, 4.69) is 43.3 Å². The van der Waals surface area contributed by atoms with Crippen molar-refractivity contribution in [3.63, 3.8) is 0 Å². The van der Waals surface area contributed by atoms with E-state index in [-0.39, 0.29) is 11.9 Å². The molecule has 0 bridgehead atoms. The zero-order chi connectivity index (χ0) is 22.9.